The van der Waals surface area contributed by atoms with Gasteiger partial charge in [-0.1, -0.05) is 48.6 Å². The van der Waals surface area contributed by atoms with Crippen molar-refractivity contribution in [3.63, 3.8) is 0 Å². The van der Waals surface area contributed by atoms with Crippen LogP contribution < -0.4 is 15.6 Å². The first-order chi connectivity index (χ1) is 16.1. The van der Waals surface area contributed by atoms with Crippen molar-refractivity contribution in [3.8, 4) is 11.8 Å². The summed E-state index contributed by atoms with van der Waals surface area (Å²) in [7, 11) is 0. The first kappa shape index (κ1) is 21.9. The topological polar surface area (TPSA) is 109 Å². The van der Waals surface area contributed by atoms with Gasteiger partial charge in [-0.15, -0.1) is 0 Å². The molecule has 0 atom stereocenters. The summed E-state index contributed by atoms with van der Waals surface area (Å²) in [5.74, 6) is 0.0889. The summed E-state index contributed by atoms with van der Waals surface area (Å²) in [5.41, 5.74) is 1.55. The van der Waals surface area contributed by atoms with Crippen molar-refractivity contribution in [2.75, 3.05) is 5.32 Å². The quantitative estimate of drug-likeness (QED) is 0.334. The van der Waals surface area contributed by atoms with E-state index < -0.39 is 5.91 Å². The van der Waals surface area contributed by atoms with Gasteiger partial charge in [0.25, 0.3) is 11.5 Å². The van der Waals surface area contributed by atoms with Gasteiger partial charge in [-0.05, 0) is 42.3 Å². The number of nitriles is 1. The molecule has 2 aromatic heterocycles. The third kappa shape index (κ3) is 5.31. The number of benzene rings is 2. The molecule has 9 heteroatoms. The van der Waals surface area contributed by atoms with Gasteiger partial charge in [-0.2, -0.15) is 14.9 Å². The van der Waals surface area contributed by atoms with Gasteiger partial charge in [-0.25, -0.2) is 4.98 Å². The molecule has 164 valence electrons. The molecule has 33 heavy (non-hydrogen) atoms. The number of rotatable bonds is 7. The summed E-state index contributed by atoms with van der Waals surface area (Å²) in [5, 5.41) is 17.1. The lowest BCUT2D eigenvalue weighted by atomic mass is 10.1. The van der Waals surface area contributed by atoms with Crippen LogP contribution in [0.2, 0.25) is 0 Å². The van der Waals surface area contributed by atoms with E-state index in [0.29, 0.717) is 27.7 Å². The van der Waals surface area contributed by atoms with Gasteiger partial charge in [0.1, 0.15) is 29.0 Å². The average molecular weight is 458 g/mol. The Labute approximate surface area is 193 Å². The summed E-state index contributed by atoms with van der Waals surface area (Å²) in [6, 6.07) is 19.2. The van der Waals surface area contributed by atoms with E-state index in [-0.39, 0.29) is 17.7 Å². The summed E-state index contributed by atoms with van der Waals surface area (Å²) in [6.45, 7) is 2.10. The minimum absolute atomic E-state index is 0.0125. The molecule has 4 rings (SSSR count). The minimum atomic E-state index is -0.480. The molecule has 1 N–H and O–H groups in total. The Morgan fingerprint density at radius 3 is 2.67 bits per heavy atom. The van der Waals surface area contributed by atoms with E-state index in [9.17, 15) is 14.9 Å². The van der Waals surface area contributed by atoms with Gasteiger partial charge in [0.15, 0.2) is 0 Å². The highest BCUT2D eigenvalue weighted by atomic mass is 32.1. The number of anilines is 1. The van der Waals surface area contributed by atoms with Crippen molar-refractivity contribution < 1.29 is 9.53 Å². The van der Waals surface area contributed by atoms with Crippen LogP contribution in [0.15, 0.2) is 71.0 Å². The molecule has 0 unspecified atom stereocenters. The van der Waals surface area contributed by atoms with Crippen molar-refractivity contribution in [1.29, 1.82) is 5.26 Å². The van der Waals surface area contributed by atoms with E-state index in [0.717, 1.165) is 11.4 Å². The number of carbonyl (C=O) groups is 1. The zero-order valence-electron chi connectivity index (χ0n) is 17.7. The number of ether oxygens (including phenoxy) is 1. The Hall–Kier alpha value is -4.29. The molecule has 0 fully saturated rings. The van der Waals surface area contributed by atoms with Crippen molar-refractivity contribution in [3.05, 3.63) is 92.9 Å². The van der Waals surface area contributed by atoms with Gasteiger partial charge in [-0.3, -0.25) is 9.59 Å². The van der Waals surface area contributed by atoms with Crippen molar-refractivity contribution in [1.82, 2.24) is 14.6 Å². The summed E-state index contributed by atoms with van der Waals surface area (Å²) in [4.78, 5) is 29.6. The third-order valence-electron chi connectivity index (χ3n) is 4.62. The molecule has 8 nitrogen and oxygen atoms in total. The van der Waals surface area contributed by atoms with Crippen LogP contribution >= 0.6 is 11.3 Å². The Balaban J connectivity index is 1.42. The standard InChI is InChI=1S/C24H19N5O3S/c1-2-21-28-29-22(30)13-19(27-24(29)33-21)15-32-20-10-8-16(9-11-20)12-17(14-25)23(31)26-18-6-4-3-5-7-18/h3-13H,2,15H2,1H3,(H,26,31). The molecule has 2 aromatic carbocycles. The Morgan fingerprint density at radius 2 is 1.97 bits per heavy atom. The highest BCUT2D eigenvalue weighted by molar-refractivity contribution is 7.16. The van der Waals surface area contributed by atoms with E-state index in [1.54, 1.807) is 48.5 Å². The van der Waals surface area contributed by atoms with Gasteiger partial charge in [0, 0.05) is 11.8 Å². The predicted molar refractivity (Wildman–Crippen MR) is 126 cm³/mol. The largest absolute Gasteiger partial charge is 0.487 e. The second-order valence-electron chi connectivity index (χ2n) is 6.98. The second kappa shape index (κ2) is 9.89. The van der Waals surface area contributed by atoms with Crippen LogP contribution in [0.3, 0.4) is 0 Å². The summed E-state index contributed by atoms with van der Waals surface area (Å²) in [6.07, 6.45) is 2.25. The Kier molecular flexibility index (Phi) is 6.57. The molecular formula is C24H19N5O3S. The Bertz CT molecular complexity index is 1420. The number of nitrogens with zero attached hydrogens (tertiary/aromatic N) is 4. The number of aryl methyl sites for hydroxylation is 1. The predicted octanol–water partition coefficient (Wildman–Crippen LogP) is 3.84. The van der Waals surface area contributed by atoms with Crippen LogP contribution in [0.4, 0.5) is 5.69 Å². The molecule has 0 aliphatic rings. The van der Waals surface area contributed by atoms with Crippen LogP contribution in [-0.4, -0.2) is 20.5 Å². The molecule has 0 saturated carbocycles. The zero-order valence-corrected chi connectivity index (χ0v) is 18.5. The lowest BCUT2D eigenvalue weighted by molar-refractivity contribution is -0.112. The highest BCUT2D eigenvalue weighted by Gasteiger charge is 2.10. The van der Waals surface area contributed by atoms with Gasteiger partial charge in [0.2, 0.25) is 4.96 Å². The summed E-state index contributed by atoms with van der Waals surface area (Å²) < 4.78 is 7.05. The number of hydrogen-bond acceptors (Lipinski definition) is 7. The van der Waals surface area contributed by atoms with Crippen molar-refractivity contribution >= 4 is 34.0 Å². The monoisotopic (exact) mass is 457 g/mol. The molecule has 4 aromatic rings. The SMILES string of the molecule is CCc1nn2c(=O)cc(COc3ccc(C=C(C#N)C(=O)Nc4ccccc4)cc3)nc2s1. The van der Waals surface area contributed by atoms with Crippen LogP contribution in [0.25, 0.3) is 11.0 Å². The lowest BCUT2D eigenvalue weighted by Crippen LogP contribution is -2.16. The smallest absolute Gasteiger partial charge is 0.275 e. The van der Waals surface area contributed by atoms with Crippen molar-refractivity contribution in [2.45, 2.75) is 20.0 Å². The lowest BCUT2D eigenvalue weighted by Gasteiger charge is -2.06. The van der Waals surface area contributed by atoms with Gasteiger partial charge < -0.3 is 10.1 Å². The molecule has 1 amide bonds. The highest BCUT2D eigenvalue weighted by Crippen LogP contribution is 2.17. The maximum Gasteiger partial charge on any atom is 0.275 e. The number of nitrogens with one attached hydrogen (secondary N) is 1. The Morgan fingerprint density at radius 1 is 1.21 bits per heavy atom. The molecular weight excluding hydrogens is 438 g/mol. The van der Waals surface area contributed by atoms with E-state index in [4.69, 9.17) is 4.74 Å². The zero-order chi connectivity index (χ0) is 23.2. The maximum atomic E-state index is 12.4. The number of carbonyl (C=O) groups excluding carboxylic acids is 1. The fraction of sp³-hybridized carbons (Fsp3) is 0.125. The van der Waals surface area contributed by atoms with E-state index in [1.807, 2.05) is 19.1 Å². The van der Waals surface area contributed by atoms with Crippen LogP contribution in [0.5, 0.6) is 5.75 Å². The minimum Gasteiger partial charge on any atom is -0.487 e. The maximum absolute atomic E-state index is 12.4. The molecule has 0 aliphatic heterocycles. The number of amides is 1. The van der Waals surface area contributed by atoms with E-state index in [2.05, 4.69) is 15.4 Å². The van der Waals surface area contributed by atoms with E-state index >= 15 is 0 Å². The third-order valence-corrected chi connectivity index (χ3v) is 5.67. The molecule has 0 spiro atoms. The van der Waals surface area contributed by atoms with Crippen LogP contribution in [0.1, 0.15) is 23.2 Å². The first-order valence-electron chi connectivity index (χ1n) is 10.2. The molecule has 0 bridgehead atoms. The average Bonchev–Trinajstić information content (AvgIpc) is 3.26. The molecule has 0 radical (unpaired) electrons. The summed E-state index contributed by atoms with van der Waals surface area (Å²) >= 11 is 1.38. The first-order valence-corrected chi connectivity index (χ1v) is 11.0. The number of aromatic nitrogens is 3. The van der Waals surface area contributed by atoms with Crippen molar-refractivity contribution in [2.24, 2.45) is 0 Å². The fourth-order valence-electron chi connectivity index (χ4n) is 2.97. The van der Waals surface area contributed by atoms with Crippen LogP contribution in [0, 0.1) is 11.3 Å². The van der Waals surface area contributed by atoms with Crippen LogP contribution in [-0.2, 0) is 17.8 Å². The molecule has 0 saturated heterocycles. The number of hydrogen-bond donors (Lipinski definition) is 1. The van der Waals surface area contributed by atoms with Gasteiger partial charge >= 0.3 is 0 Å². The van der Waals surface area contributed by atoms with E-state index in [1.165, 1.54) is 28.0 Å². The molecule has 0 aliphatic carbocycles. The molecule has 2 heterocycles. The van der Waals surface area contributed by atoms with Gasteiger partial charge in [0.05, 0.1) is 5.69 Å². The normalized spacial score (nSPS) is 11.2. The second-order valence-corrected chi connectivity index (χ2v) is 8.02. The number of fused-ring (bicyclic) bond motifs is 1. The number of para-hydroxylation sites is 1. The fourth-order valence-corrected chi connectivity index (χ4v) is 3.82.